The summed E-state index contributed by atoms with van der Waals surface area (Å²) in [6, 6.07) is 0. The number of hydrogen-bond acceptors (Lipinski definition) is 7. The van der Waals surface area contributed by atoms with Gasteiger partial charge in [-0.3, -0.25) is 18.6 Å². The molecule has 0 saturated heterocycles. The van der Waals surface area contributed by atoms with Gasteiger partial charge in [-0.1, -0.05) is 163 Å². The van der Waals surface area contributed by atoms with Crippen molar-refractivity contribution in [3.05, 3.63) is 85.1 Å². The van der Waals surface area contributed by atoms with Gasteiger partial charge in [-0.05, 0) is 77.0 Å². The molecule has 0 amide bonds. The van der Waals surface area contributed by atoms with Gasteiger partial charge in [0.25, 0.3) is 0 Å². The quantitative estimate of drug-likeness (QED) is 0.0213. The molecule has 0 aliphatic carbocycles. The minimum atomic E-state index is -4.40. The van der Waals surface area contributed by atoms with Crippen LogP contribution in [-0.4, -0.2) is 74.9 Å². The molecular formula is C50H87NO8P+. The molecule has 0 heterocycles. The van der Waals surface area contributed by atoms with Crippen LogP contribution in [0.1, 0.15) is 168 Å². The number of allylic oxidation sites excluding steroid dienone is 14. The van der Waals surface area contributed by atoms with Crippen LogP contribution < -0.4 is 0 Å². The highest BCUT2D eigenvalue weighted by Gasteiger charge is 2.27. The first-order chi connectivity index (χ1) is 29.0. The summed E-state index contributed by atoms with van der Waals surface area (Å²) in [7, 11) is 1.42. The molecule has 0 aromatic rings. The number of ether oxygens (including phenoxy) is 2. The summed E-state index contributed by atoms with van der Waals surface area (Å²) in [6.07, 6.45) is 53.6. The predicted molar refractivity (Wildman–Crippen MR) is 252 cm³/mol. The fourth-order valence-electron chi connectivity index (χ4n) is 5.80. The van der Waals surface area contributed by atoms with Gasteiger partial charge in [0.1, 0.15) is 19.8 Å². The van der Waals surface area contributed by atoms with Crippen molar-refractivity contribution < 1.29 is 42.1 Å². The van der Waals surface area contributed by atoms with Crippen LogP contribution in [0.15, 0.2) is 85.1 Å². The molecule has 0 aromatic carbocycles. The highest BCUT2D eigenvalue weighted by atomic mass is 31.2. The van der Waals surface area contributed by atoms with E-state index in [0.29, 0.717) is 17.4 Å². The Kier molecular flexibility index (Phi) is 39.6. The second-order valence-electron chi connectivity index (χ2n) is 16.4. The second kappa shape index (κ2) is 41.5. The van der Waals surface area contributed by atoms with E-state index in [1.807, 2.05) is 33.3 Å². The molecule has 0 rings (SSSR count). The summed E-state index contributed by atoms with van der Waals surface area (Å²) in [5.74, 6) is -0.907. The summed E-state index contributed by atoms with van der Waals surface area (Å²) < 4.78 is 34.3. The first-order valence-electron chi connectivity index (χ1n) is 23.3. The lowest BCUT2D eigenvalue weighted by Gasteiger charge is -2.24. The second-order valence-corrected chi connectivity index (χ2v) is 17.9. The summed E-state index contributed by atoms with van der Waals surface area (Å²) in [6.45, 7) is 4.20. The van der Waals surface area contributed by atoms with Crippen LogP contribution in [0, 0.1) is 0 Å². The van der Waals surface area contributed by atoms with Crippen molar-refractivity contribution in [2.24, 2.45) is 0 Å². The third-order valence-corrected chi connectivity index (χ3v) is 10.4. The summed E-state index contributed by atoms with van der Waals surface area (Å²) in [5, 5.41) is 0. The van der Waals surface area contributed by atoms with Crippen LogP contribution in [0.4, 0.5) is 0 Å². The Morgan fingerprint density at radius 3 is 1.48 bits per heavy atom. The maximum Gasteiger partial charge on any atom is 0.472 e. The van der Waals surface area contributed by atoms with Gasteiger partial charge in [0.2, 0.25) is 0 Å². The topological polar surface area (TPSA) is 108 Å². The van der Waals surface area contributed by atoms with Gasteiger partial charge < -0.3 is 18.9 Å². The van der Waals surface area contributed by atoms with E-state index in [1.54, 1.807) is 0 Å². The molecule has 0 radical (unpaired) electrons. The number of rotatable bonds is 41. The van der Waals surface area contributed by atoms with E-state index in [2.05, 4.69) is 86.8 Å². The Labute approximate surface area is 367 Å². The zero-order valence-electron chi connectivity index (χ0n) is 38.7. The maximum atomic E-state index is 12.7. The van der Waals surface area contributed by atoms with Gasteiger partial charge in [0, 0.05) is 12.8 Å². The number of unbranched alkanes of at least 4 members (excludes halogenated alkanes) is 13. The number of carbonyl (C=O) groups excluding carboxylic acids is 2. The van der Waals surface area contributed by atoms with Crippen molar-refractivity contribution in [2.75, 3.05) is 47.5 Å². The lowest BCUT2D eigenvalue weighted by atomic mass is 10.1. The number of esters is 2. The minimum absolute atomic E-state index is 0.0133. The number of phosphoric ester groups is 1. The molecule has 9 nitrogen and oxygen atoms in total. The number of carbonyl (C=O) groups is 2. The predicted octanol–water partition coefficient (Wildman–Crippen LogP) is 13.6. The van der Waals surface area contributed by atoms with Crippen molar-refractivity contribution in [3.8, 4) is 0 Å². The highest BCUT2D eigenvalue weighted by molar-refractivity contribution is 7.47. The zero-order chi connectivity index (χ0) is 44.3. The standard InChI is InChI=1S/C50H86NO8P/c1-6-8-10-12-14-16-18-20-22-24-25-27-29-31-33-35-37-39-41-43-50(53)59-48(47-58-60(54,55)57-45-44-51(3,4)5)46-56-49(52)42-40-38-36-34-32-30-28-26-23-21-19-17-15-13-11-9-7-2/h8,10,14,16,20-23,25,27,31,33,37,39,48H,6-7,9,11-13,15,17-19,24,26,28-30,32,34-36,38,40-47H2,1-5H3/p+1/b10-8-,16-14-,22-20-,23-21-,27-25-,33-31-,39-37-/t48-/m1/s1. The third kappa shape index (κ3) is 44.7. The molecule has 0 aliphatic heterocycles. The van der Waals surface area contributed by atoms with Crippen molar-refractivity contribution in [1.29, 1.82) is 0 Å². The molecule has 60 heavy (non-hydrogen) atoms. The summed E-state index contributed by atoms with van der Waals surface area (Å²) in [4.78, 5) is 35.4. The van der Waals surface area contributed by atoms with Gasteiger partial charge >= 0.3 is 19.8 Å². The summed E-state index contributed by atoms with van der Waals surface area (Å²) >= 11 is 0. The van der Waals surface area contributed by atoms with Gasteiger partial charge in [0.05, 0.1) is 27.7 Å². The van der Waals surface area contributed by atoms with Crippen molar-refractivity contribution in [3.63, 3.8) is 0 Å². The number of nitrogens with zero attached hydrogens (tertiary/aromatic N) is 1. The van der Waals surface area contributed by atoms with E-state index in [0.717, 1.165) is 70.6 Å². The van der Waals surface area contributed by atoms with E-state index in [9.17, 15) is 19.0 Å². The average Bonchev–Trinajstić information content (AvgIpc) is 3.20. The fraction of sp³-hybridized carbons (Fsp3) is 0.680. The molecule has 0 aromatic heterocycles. The number of likely N-dealkylation sites (N-methyl/N-ethyl adjacent to an activating group) is 1. The molecular weight excluding hydrogens is 774 g/mol. The summed E-state index contributed by atoms with van der Waals surface area (Å²) in [5.41, 5.74) is 0. The lowest BCUT2D eigenvalue weighted by Crippen LogP contribution is -2.37. The van der Waals surface area contributed by atoms with Crippen molar-refractivity contribution in [1.82, 2.24) is 0 Å². The van der Waals surface area contributed by atoms with Gasteiger partial charge in [-0.25, -0.2) is 4.57 Å². The molecule has 1 unspecified atom stereocenters. The number of quaternary nitrogens is 1. The van der Waals surface area contributed by atoms with Crippen LogP contribution in [-0.2, 0) is 32.7 Å². The van der Waals surface area contributed by atoms with Gasteiger partial charge in [-0.2, -0.15) is 0 Å². The van der Waals surface area contributed by atoms with Crippen LogP contribution in [0.2, 0.25) is 0 Å². The van der Waals surface area contributed by atoms with E-state index < -0.39 is 32.5 Å². The molecule has 0 spiro atoms. The minimum Gasteiger partial charge on any atom is -0.462 e. The molecule has 0 saturated carbocycles. The van der Waals surface area contributed by atoms with Crippen LogP contribution in [0.25, 0.3) is 0 Å². The third-order valence-electron chi connectivity index (χ3n) is 9.42. The van der Waals surface area contributed by atoms with E-state index >= 15 is 0 Å². The fourth-order valence-corrected chi connectivity index (χ4v) is 6.54. The first-order valence-corrected chi connectivity index (χ1v) is 24.8. The Morgan fingerprint density at radius 2 is 0.983 bits per heavy atom. The number of hydrogen-bond donors (Lipinski definition) is 1. The Morgan fingerprint density at radius 1 is 0.533 bits per heavy atom. The Balaban J connectivity index is 4.47. The van der Waals surface area contributed by atoms with Gasteiger partial charge in [-0.15, -0.1) is 0 Å². The molecule has 344 valence electrons. The smallest absolute Gasteiger partial charge is 0.462 e. The molecule has 0 fully saturated rings. The van der Waals surface area contributed by atoms with Crippen molar-refractivity contribution >= 4 is 19.8 Å². The normalized spacial score (nSPS) is 14.3. The average molecular weight is 861 g/mol. The molecule has 10 heteroatoms. The van der Waals surface area contributed by atoms with Crippen LogP contribution in [0.3, 0.4) is 0 Å². The molecule has 2 atom stereocenters. The molecule has 1 N–H and O–H groups in total. The van der Waals surface area contributed by atoms with E-state index in [1.165, 1.54) is 64.2 Å². The molecule has 0 aliphatic rings. The van der Waals surface area contributed by atoms with Crippen LogP contribution >= 0.6 is 7.82 Å². The SMILES string of the molecule is CC/C=C\C/C=C\C/C=C\C/C=C\C/C=C\C/C=C\CCC(=O)O[C@H](COC(=O)CCCCCCCCC/C=C\CCCCCCCC)COP(=O)(O)OCC[N+](C)(C)C. The Hall–Kier alpha value is -2.81. The molecule has 0 bridgehead atoms. The maximum absolute atomic E-state index is 12.7. The number of phosphoric acid groups is 1. The van der Waals surface area contributed by atoms with E-state index in [4.69, 9.17) is 18.5 Å². The van der Waals surface area contributed by atoms with Crippen molar-refractivity contribution in [2.45, 2.75) is 174 Å². The monoisotopic (exact) mass is 861 g/mol. The van der Waals surface area contributed by atoms with Gasteiger partial charge in [0.15, 0.2) is 6.10 Å². The highest BCUT2D eigenvalue weighted by Crippen LogP contribution is 2.43. The first kappa shape index (κ1) is 57.2. The van der Waals surface area contributed by atoms with Crippen LogP contribution in [0.5, 0.6) is 0 Å². The van der Waals surface area contributed by atoms with E-state index in [-0.39, 0.29) is 26.1 Å². The largest absolute Gasteiger partial charge is 0.472 e. The lowest BCUT2D eigenvalue weighted by molar-refractivity contribution is -0.870. The zero-order valence-corrected chi connectivity index (χ0v) is 39.6. The Bertz CT molecular complexity index is 1290.